The van der Waals surface area contributed by atoms with Crippen molar-refractivity contribution in [1.29, 1.82) is 0 Å². The molecule has 0 aromatic heterocycles. The van der Waals surface area contributed by atoms with E-state index in [2.05, 4.69) is 46.5 Å². The van der Waals surface area contributed by atoms with Gasteiger partial charge in [-0.3, -0.25) is 0 Å². The van der Waals surface area contributed by atoms with Crippen molar-refractivity contribution in [3.05, 3.63) is 0 Å². The number of rotatable bonds is 17. The molecule has 0 unspecified atom stereocenters. The van der Waals surface area contributed by atoms with Crippen molar-refractivity contribution in [1.82, 2.24) is 0 Å². The van der Waals surface area contributed by atoms with Gasteiger partial charge in [-0.25, -0.2) is 0 Å². The summed E-state index contributed by atoms with van der Waals surface area (Å²) < 4.78 is 11.1. The Morgan fingerprint density at radius 3 is 1.69 bits per heavy atom. The van der Waals surface area contributed by atoms with E-state index in [9.17, 15) is 0 Å². The van der Waals surface area contributed by atoms with Crippen molar-refractivity contribution >= 4 is 0 Å². The van der Waals surface area contributed by atoms with E-state index in [1.807, 2.05) is 0 Å². The zero-order chi connectivity index (χ0) is 19.5. The summed E-state index contributed by atoms with van der Waals surface area (Å²) in [6.45, 7) is 13.3. The Bertz CT molecular complexity index is 343. The molecule has 2 heteroatoms. The third kappa shape index (κ3) is 23.5. The molecule has 0 saturated carbocycles. The van der Waals surface area contributed by atoms with Crippen molar-refractivity contribution in [2.24, 2.45) is 5.41 Å². The lowest BCUT2D eigenvalue weighted by Crippen LogP contribution is -2.07. The van der Waals surface area contributed by atoms with E-state index in [1.54, 1.807) is 0 Å². The van der Waals surface area contributed by atoms with Crippen molar-refractivity contribution in [2.45, 2.75) is 118 Å². The van der Waals surface area contributed by atoms with Crippen LogP contribution in [0.1, 0.15) is 112 Å². The maximum Gasteiger partial charge on any atom is 0.0518 e. The SMILES string of the molecule is CC(C)OCCCOCCCCCCCCCCCCC#CC(C)(C)C. The third-order valence-electron chi connectivity index (χ3n) is 4.19. The molecule has 0 saturated heterocycles. The highest BCUT2D eigenvalue weighted by Crippen LogP contribution is 2.12. The van der Waals surface area contributed by atoms with E-state index in [1.165, 1.54) is 64.2 Å². The van der Waals surface area contributed by atoms with Crippen LogP contribution in [-0.4, -0.2) is 25.9 Å². The molecular formula is C24H46O2. The van der Waals surface area contributed by atoms with Crippen LogP contribution < -0.4 is 0 Å². The van der Waals surface area contributed by atoms with Crippen molar-refractivity contribution < 1.29 is 9.47 Å². The van der Waals surface area contributed by atoms with E-state index < -0.39 is 0 Å². The Hall–Kier alpha value is -0.520. The van der Waals surface area contributed by atoms with Gasteiger partial charge in [0.1, 0.15) is 0 Å². The molecule has 0 aliphatic carbocycles. The predicted molar refractivity (Wildman–Crippen MR) is 115 cm³/mol. The van der Waals surface area contributed by atoms with Crippen LogP contribution in [0.5, 0.6) is 0 Å². The second kappa shape index (κ2) is 17.9. The zero-order valence-electron chi connectivity index (χ0n) is 18.5. The summed E-state index contributed by atoms with van der Waals surface area (Å²) in [4.78, 5) is 0. The second-order valence-corrected chi connectivity index (χ2v) is 8.72. The van der Waals surface area contributed by atoms with Gasteiger partial charge in [0.15, 0.2) is 0 Å². The fraction of sp³-hybridized carbons (Fsp3) is 0.917. The van der Waals surface area contributed by atoms with Crippen LogP contribution >= 0.6 is 0 Å². The van der Waals surface area contributed by atoms with Gasteiger partial charge in [0.05, 0.1) is 6.10 Å². The van der Waals surface area contributed by atoms with Gasteiger partial charge in [0.2, 0.25) is 0 Å². The zero-order valence-corrected chi connectivity index (χ0v) is 18.5. The lowest BCUT2D eigenvalue weighted by atomic mass is 9.97. The third-order valence-corrected chi connectivity index (χ3v) is 4.19. The van der Waals surface area contributed by atoms with Crippen LogP contribution in [0.4, 0.5) is 0 Å². The standard InChI is InChI=1S/C24H46O2/c1-23(2)26-22-18-21-25-20-17-15-13-11-9-7-6-8-10-12-14-16-19-24(3,4)5/h23H,6-15,17-18,20-22H2,1-5H3. The van der Waals surface area contributed by atoms with Gasteiger partial charge in [0.25, 0.3) is 0 Å². The van der Waals surface area contributed by atoms with Crippen LogP contribution in [0.15, 0.2) is 0 Å². The summed E-state index contributed by atoms with van der Waals surface area (Å²) in [6.07, 6.45) is 15.9. The van der Waals surface area contributed by atoms with Gasteiger partial charge in [0, 0.05) is 31.7 Å². The predicted octanol–water partition coefficient (Wildman–Crippen LogP) is 7.16. The lowest BCUT2D eigenvalue weighted by molar-refractivity contribution is 0.0507. The minimum Gasteiger partial charge on any atom is -0.381 e. The van der Waals surface area contributed by atoms with E-state index in [0.717, 1.165) is 32.7 Å². The van der Waals surface area contributed by atoms with Gasteiger partial charge in [-0.1, -0.05) is 57.3 Å². The Morgan fingerprint density at radius 2 is 1.15 bits per heavy atom. The molecule has 0 aromatic rings. The summed E-state index contributed by atoms with van der Waals surface area (Å²) in [7, 11) is 0. The highest BCUT2D eigenvalue weighted by Gasteiger charge is 2.02. The highest BCUT2D eigenvalue weighted by atomic mass is 16.5. The first-order valence-corrected chi connectivity index (χ1v) is 11.1. The first-order valence-electron chi connectivity index (χ1n) is 11.1. The average Bonchev–Trinajstić information content (AvgIpc) is 2.55. The summed E-state index contributed by atoms with van der Waals surface area (Å²) in [6, 6.07) is 0. The molecule has 0 atom stereocenters. The molecule has 0 aliphatic rings. The topological polar surface area (TPSA) is 18.5 Å². The van der Waals surface area contributed by atoms with Crippen molar-refractivity contribution in [2.75, 3.05) is 19.8 Å². The quantitative estimate of drug-likeness (QED) is 0.201. The van der Waals surface area contributed by atoms with E-state index in [0.29, 0.717) is 6.10 Å². The van der Waals surface area contributed by atoms with Gasteiger partial charge in [-0.2, -0.15) is 0 Å². The second-order valence-electron chi connectivity index (χ2n) is 8.72. The van der Waals surface area contributed by atoms with Gasteiger partial charge in [-0.15, -0.1) is 5.92 Å². The molecule has 0 radical (unpaired) electrons. The summed E-state index contributed by atoms with van der Waals surface area (Å²) in [5.74, 6) is 6.63. The largest absolute Gasteiger partial charge is 0.381 e. The number of hydrogen-bond donors (Lipinski definition) is 0. The molecule has 0 heterocycles. The van der Waals surface area contributed by atoms with Crippen LogP contribution in [0.3, 0.4) is 0 Å². The fourth-order valence-corrected chi connectivity index (χ4v) is 2.74. The maximum absolute atomic E-state index is 5.64. The molecule has 26 heavy (non-hydrogen) atoms. The maximum atomic E-state index is 5.64. The molecule has 154 valence electrons. The van der Waals surface area contributed by atoms with Gasteiger partial charge >= 0.3 is 0 Å². The molecule has 0 aliphatic heterocycles. The van der Waals surface area contributed by atoms with Crippen LogP contribution in [0.25, 0.3) is 0 Å². The first kappa shape index (κ1) is 25.5. The van der Waals surface area contributed by atoms with Crippen LogP contribution in [-0.2, 0) is 9.47 Å². The molecule has 0 N–H and O–H groups in total. The van der Waals surface area contributed by atoms with Gasteiger partial charge < -0.3 is 9.47 Å². The molecule has 0 rings (SSSR count). The van der Waals surface area contributed by atoms with E-state index in [4.69, 9.17) is 9.47 Å². The van der Waals surface area contributed by atoms with Crippen LogP contribution in [0, 0.1) is 17.3 Å². The molecule has 0 amide bonds. The smallest absolute Gasteiger partial charge is 0.0518 e. The number of unbranched alkanes of at least 4 members (excludes halogenated alkanes) is 10. The first-order chi connectivity index (χ1) is 12.4. The monoisotopic (exact) mass is 366 g/mol. The minimum atomic E-state index is 0.161. The Kier molecular flexibility index (Phi) is 17.5. The number of hydrogen-bond acceptors (Lipinski definition) is 2. The molecular weight excluding hydrogens is 320 g/mol. The lowest BCUT2D eigenvalue weighted by Gasteiger charge is -2.07. The molecule has 0 fully saturated rings. The fourth-order valence-electron chi connectivity index (χ4n) is 2.74. The van der Waals surface area contributed by atoms with E-state index >= 15 is 0 Å². The summed E-state index contributed by atoms with van der Waals surface area (Å²) in [5, 5.41) is 0. The van der Waals surface area contributed by atoms with E-state index in [-0.39, 0.29) is 5.41 Å². The van der Waals surface area contributed by atoms with Crippen LogP contribution in [0.2, 0.25) is 0 Å². The van der Waals surface area contributed by atoms with Crippen molar-refractivity contribution in [3.63, 3.8) is 0 Å². The minimum absolute atomic E-state index is 0.161. The Morgan fingerprint density at radius 1 is 0.654 bits per heavy atom. The average molecular weight is 367 g/mol. The Balaban J connectivity index is 3.10. The summed E-state index contributed by atoms with van der Waals surface area (Å²) >= 11 is 0. The molecule has 0 bridgehead atoms. The Labute approximate surface area is 164 Å². The molecule has 0 spiro atoms. The molecule has 2 nitrogen and oxygen atoms in total. The van der Waals surface area contributed by atoms with Crippen molar-refractivity contribution in [3.8, 4) is 11.8 Å². The summed E-state index contributed by atoms with van der Waals surface area (Å²) in [5.41, 5.74) is 0.161. The molecule has 0 aromatic carbocycles. The normalized spacial score (nSPS) is 11.6. The number of ether oxygens (including phenoxy) is 2. The van der Waals surface area contributed by atoms with Gasteiger partial charge in [-0.05, 0) is 53.9 Å². The highest BCUT2D eigenvalue weighted by molar-refractivity contribution is 5.06.